The van der Waals surface area contributed by atoms with E-state index in [-0.39, 0.29) is 76.1 Å². The molecular weight excluding hydrogens is 1850 g/mol. The third-order valence-corrected chi connectivity index (χ3v) is 25.5. The molecule has 13 rings (SSSR count). The number of aromatic nitrogens is 2. The van der Waals surface area contributed by atoms with E-state index in [4.69, 9.17) is 94.7 Å². The van der Waals surface area contributed by atoms with Crippen molar-refractivity contribution in [3.63, 3.8) is 0 Å². The molecule has 0 spiro atoms. The minimum absolute atomic E-state index is 0.00694. The van der Waals surface area contributed by atoms with Crippen molar-refractivity contribution in [1.82, 2.24) is 106 Å². The van der Waals surface area contributed by atoms with Crippen molar-refractivity contribution < 1.29 is 69.2 Å². The van der Waals surface area contributed by atoms with Crippen LogP contribution < -0.4 is 95.7 Å². The number of aliphatic hydroxyl groups excluding tert-OH is 1. The summed E-state index contributed by atoms with van der Waals surface area (Å²) < 4.78 is 5.45. The van der Waals surface area contributed by atoms with E-state index in [0.717, 1.165) is 130 Å². The van der Waals surface area contributed by atoms with Crippen LogP contribution >= 0.6 is 80.0 Å². The van der Waals surface area contributed by atoms with Crippen molar-refractivity contribution in [1.29, 1.82) is 0 Å². The predicted octanol–water partition coefficient (Wildman–Crippen LogP) is 11.4. The van der Waals surface area contributed by atoms with Gasteiger partial charge in [-0.15, -0.1) is 0 Å². The van der Waals surface area contributed by atoms with Crippen LogP contribution in [0, 0.1) is 0 Å². The molecule has 4 bridgehead atoms. The van der Waals surface area contributed by atoms with Gasteiger partial charge in [0.25, 0.3) is 0 Å². The fourth-order valence-electron chi connectivity index (χ4n) is 19.2. The first-order valence-corrected chi connectivity index (χ1v) is 63.5. The van der Waals surface area contributed by atoms with Crippen molar-refractivity contribution in [2.45, 2.75) is 342 Å². The zero-order valence-electron chi connectivity index (χ0n) is 72.4. The molecule has 689 valence electrons. The molecule has 2 aromatic rings. The van der Waals surface area contributed by atoms with Gasteiger partial charge in [0.05, 0.1) is 35.4 Å². The Morgan fingerprint density at radius 2 is 0.714 bits per heavy atom. The van der Waals surface area contributed by atoms with Gasteiger partial charge in [0.1, 0.15) is 6.61 Å². The first-order chi connectivity index (χ1) is 58.3. The fourth-order valence-corrected chi connectivity index (χ4v) is 19.2. The number of nitrogens with zero attached hydrogens (tertiary/aromatic N) is 2. The average Bonchev–Trinajstić information content (AvgIpc) is 1.66. The number of halogens is 8. The van der Waals surface area contributed by atoms with Crippen LogP contribution in [0.3, 0.4) is 0 Å². The second kappa shape index (κ2) is 70.3. The Morgan fingerprint density at radius 3 is 1.08 bits per heavy atom. The number of aliphatic hydroxyl groups is 1. The van der Waals surface area contributed by atoms with Crippen LogP contribution in [0.15, 0.2) is 30.3 Å². The number of pyridine rings is 2. The maximum absolute atomic E-state index is 11.6. The van der Waals surface area contributed by atoms with E-state index in [1.807, 2.05) is 6.92 Å². The molecule has 8 unspecified atom stereocenters. The topological polar surface area (TPSA) is 289 Å². The Kier molecular flexibility index (Phi) is 64.6. The summed E-state index contributed by atoms with van der Waals surface area (Å²) >= 11 is -0.910. The van der Waals surface area contributed by atoms with Crippen molar-refractivity contribution >= 4 is 85.9 Å². The van der Waals surface area contributed by atoms with Crippen LogP contribution in [0.25, 0.3) is 0 Å². The quantitative estimate of drug-likeness (QED) is 0.0978. The Labute approximate surface area is 778 Å². The molecule has 11 aliphatic rings. The smallest absolute Gasteiger partial charge is 0.0548 e. The second-order valence-electron chi connectivity index (χ2n) is 34.1. The SMILES string of the molecule is CCC(=O)OC[C@@H]1CN[C@@H]2CCCC[C@H]2NCCN[C@@H]2CCCC[C@H]2NCCN1.C[C@@H]1CN[C@H](CO)CNC2CCCCC2NCCNC2CCCCC2N1.C[C@H]1NC2CCCCC2NCCNC2CCCCC2N[C@H](C)c2cccc1n2.[Cl][Mn][Cl].[Cl][Mn][Cl].[Cl][Mn][Cl].[Cl][Zn][Cl].c1c(C2CCCCC2)cc2nc1CNCCNCCNCCNC2. The van der Waals surface area contributed by atoms with E-state index >= 15 is 0 Å². The zero-order valence-corrected chi connectivity index (χ0v) is 84.9. The van der Waals surface area contributed by atoms with Crippen molar-refractivity contribution in [2.75, 3.05) is 124 Å². The average molecular weight is 2010 g/mol. The molecule has 19 N–H and O–H groups in total. The van der Waals surface area contributed by atoms with E-state index < -0.39 is 15.1 Å². The fraction of sp³-hybridized carbons (Fsp3) is 0.869. The summed E-state index contributed by atoms with van der Waals surface area (Å²) in [5.41, 5.74) is 6.25. The largest absolute Gasteiger partial charge is 0.314 e. The molecule has 4 aliphatic heterocycles. The molecule has 35 heteroatoms. The van der Waals surface area contributed by atoms with Gasteiger partial charge in [-0.1, -0.05) is 109 Å². The first kappa shape index (κ1) is 109. The second-order valence-corrected chi connectivity index (χ2v) is 44.6. The van der Waals surface area contributed by atoms with E-state index in [9.17, 15) is 9.90 Å². The van der Waals surface area contributed by atoms with Crippen LogP contribution in [0.5, 0.6) is 0 Å². The van der Waals surface area contributed by atoms with Crippen LogP contribution in [-0.2, 0) is 77.2 Å². The van der Waals surface area contributed by atoms with E-state index in [2.05, 4.69) is 147 Å². The van der Waals surface area contributed by atoms with Crippen molar-refractivity contribution in [2.24, 2.45) is 0 Å². The molecule has 0 aromatic carbocycles. The van der Waals surface area contributed by atoms with E-state index in [1.54, 1.807) is 0 Å². The number of rotatable bonds is 5. The Hall–Kier alpha value is 1.51. The van der Waals surface area contributed by atoms with Crippen LogP contribution in [0.2, 0.25) is 0 Å². The Bertz CT molecular complexity index is 2740. The molecule has 0 radical (unpaired) electrons. The van der Waals surface area contributed by atoms with Gasteiger partial charge in [-0.25, -0.2) is 0 Å². The number of ether oxygens (including phenoxy) is 1. The summed E-state index contributed by atoms with van der Waals surface area (Å²) in [7, 11) is 38.7. The van der Waals surface area contributed by atoms with E-state index in [1.165, 1.54) is 215 Å². The maximum Gasteiger partial charge on any atom is 0.0548 e. The van der Waals surface area contributed by atoms with Gasteiger partial charge in [0.2, 0.25) is 0 Å². The number of carbonyl (C=O) groups excluding carboxylic acids is 1. The minimum Gasteiger partial charge on any atom is -0.314 e. The van der Waals surface area contributed by atoms with Gasteiger partial charge < -0.3 is 106 Å². The third-order valence-electron chi connectivity index (χ3n) is 25.5. The number of esters is 1. The number of carbonyl (C=O) groups is 1. The van der Waals surface area contributed by atoms with Crippen LogP contribution in [0.1, 0.15) is 267 Å². The summed E-state index contributed by atoms with van der Waals surface area (Å²) in [5, 5.41) is 76.8. The number of hydrogen-bond acceptors (Lipinski definition) is 23. The molecule has 2 aromatic heterocycles. The van der Waals surface area contributed by atoms with E-state index in [0.29, 0.717) is 91.6 Å². The summed E-state index contributed by atoms with van der Waals surface area (Å²) in [6, 6.07) is 19.2. The molecule has 7 saturated carbocycles. The molecule has 2 saturated heterocycles. The molecular formula is C84H156Cl8Mn3N20O3Zn. The normalized spacial score (nSPS) is 31.6. The summed E-state index contributed by atoms with van der Waals surface area (Å²) in [6.45, 7) is 27.8. The maximum atomic E-state index is 11.6. The molecule has 6 heterocycles. The molecule has 7 aliphatic carbocycles. The van der Waals surface area contributed by atoms with Gasteiger partial charge in [-0.05, 0) is 146 Å². The number of nitrogens with one attached hydrogen (secondary N) is 18. The summed E-state index contributed by atoms with van der Waals surface area (Å²) in [4.78, 5) is 21.6. The molecule has 17 atom stereocenters. The third kappa shape index (κ3) is 46.4. The number of fused-ring (bicyclic) bond motifs is 10. The van der Waals surface area contributed by atoms with Gasteiger partial charge in [-0.3, -0.25) is 14.8 Å². The molecule has 23 nitrogen and oxygen atoms in total. The monoisotopic (exact) mass is 2000 g/mol. The van der Waals surface area contributed by atoms with Crippen molar-refractivity contribution in [3.05, 3.63) is 58.7 Å². The van der Waals surface area contributed by atoms with Gasteiger partial charge >= 0.3 is 140 Å². The van der Waals surface area contributed by atoms with Crippen molar-refractivity contribution in [3.8, 4) is 0 Å². The minimum atomic E-state index is -0.931. The van der Waals surface area contributed by atoms with Crippen LogP contribution in [0.4, 0.5) is 0 Å². The van der Waals surface area contributed by atoms with Gasteiger partial charge in [-0.2, -0.15) is 0 Å². The summed E-state index contributed by atoms with van der Waals surface area (Å²) in [6.07, 6.45) is 38.4. The van der Waals surface area contributed by atoms with Gasteiger partial charge in [0.15, 0.2) is 0 Å². The molecule has 9 fully saturated rings. The van der Waals surface area contributed by atoms with Gasteiger partial charge in [0, 0.05) is 227 Å². The predicted molar refractivity (Wildman–Crippen MR) is 486 cm³/mol. The molecule has 119 heavy (non-hydrogen) atoms. The Morgan fingerprint density at radius 1 is 0.403 bits per heavy atom. The standard InChI is InChI=1S/C23H39N5.C22H43N5O2.C20H41N5O.C19H33N5.8ClH.3Mn.Zn/c1-16-18-12-7-13-19(28-18)17(2)27-23-11-6-4-9-21(23)25-15-14-24-20-8-3-5-10-22(20)26-16;1-2-22(28)29-16-17-15-27-21-10-6-5-9-20(21)26-14-13-25-19-8-4-3-7-18(19)24-12-11-23-17;1-15-12-23-16(14-26)13-24-18-7-3-2-6-17(18)21-10-11-22-19-8-4-5-9-20(19)25-15;1-2-4-16(5-3-1)17-12-18-14-22-10-8-20-6-7-21-9-11-23-15-19(13-17)24-18;;;;;;;;;;;;/h7,12-13,16-17,20-27H,3-6,8-11,14-15H2,1-2H3;17-21,23-27H,2-16H2,1H3;15-26H,2-14H2,1H3;12-13,16,20-23H,1-11,14-15H2;8*1H;;;;/q;;;;;;;;;;;;4*+2/p-8/t16-,17-,20?,21?,22?,23?;17-,18+,19+,20+,21+;15-,16+,17?,18?,19?,20?;;;;;;;;;;;;;/m101............./s1. The summed E-state index contributed by atoms with van der Waals surface area (Å²) in [5.74, 6) is 0.624. The van der Waals surface area contributed by atoms with Crippen LogP contribution in [-0.4, -0.2) is 236 Å². The Balaban J connectivity index is 0.000000235. The number of hydrogen-bond donors (Lipinski definition) is 19. The zero-order chi connectivity index (χ0) is 85.1. The molecule has 0 amide bonds. The first-order valence-electron chi connectivity index (χ1n) is 45.9.